The van der Waals surface area contributed by atoms with Crippen LogP contribution in [0.2, 0.25) is 0 Å². The first-order valence-electron chi connectivity index (χ1n) is 11.9. The molecule has 1 aromatic heterocycles. The molecule has 0 spiro atoms. The fourth-order valence-electron chi connectivity index (χ4n) is 4.06. The number of esters is 1. The lowest BCUT2D eigenvalue weighted by molar-refractivity contribution is 0.0515. The molecule has 0 bridgehead atoms. The molecule has 1 heterocycles. The second-order valence-electron chi connectivity index (χ2n) is 8.19. The molecule has 1 fully saturated rings. The van der Waals surface area contributed by atoms with Gasteiger partial charge in [0.25, 0.3) is 0 Å². The van der Waals surface area contributed by atoms with Gasteiger partial charge in [0.05, 0.1) is 19.8 Å². The molecule has 6 nitrogen and oxygen atoms in total. The number of carbonyl (C=O) groups is 1. The molecule has 0 atom stereocenters. The standard InChI is InChI=1S/C27H33NO5/c1-4-28-24-13-12-22(32-15-14-30-5-2)17-23(24)25(26(28)27(29)31-6-3)20-8-7-9-21(16-20)33-18-19-10-11-19/h7-9,12-13,16-17,19H,4-6,10-11,14-15,18H2,1-3H3. The smallest absolute Gasteiger partial charge is 0.355 e. The molecule has 2 aromatic carbocycles. The lowest BCUT2D eigenvalue weighted by atomic mass is 10.0. The Balaban J connectivity index is 1.79. The molecule has 0 aliphatic heterocycles. The van der Waals surface area contributed by atoms with E-state index in [1.54, 1.807) is 0 Å². The molecule has 1 aliphatic carbocycles. The largest absolute Gasteiger partial charge is 0.493 e. The summed E-state index contributed by atoms with van der Waals surface area (Å²) in [4.78, 5) is 13.1. The Kier molecular flexibility index (Phi) is 7.55. The number of fused-ring (bicyclic) bond motifs is 1. The molecule has 0 N–H and O–H groups in total. The number of benzene rings is 2. The molecule has 0 saturated heterocycles. The number of hydrogen-bond acceptors (Lipinski definition) is 5. The van der Waals surface area contributed by atoms with Gasteiger partial charge in [-0.05, 0) is 75.4 Å². The van der Waals surface area contributed by atoms with E-state index in [4.69, 9.17) is 18.9 Å². The van der Waals surface area contributed by atoms with Crippen molar-refractivity contribution < 1.29 is 23.7 Å². The normalized spacial score (nSPS) is 13.3. The predicted molar refractivity (Wildman–Crippen MR) is 129 cm³/mol. The van der Waals surface area contributed by atoms with Crippen molar-refractivity contribution >= 4 is 16.9 Å². The van der Waals surface area contributed by atoms with E-state index >= 15 is 0 Å². The Morgan fingerprint density at radius 2 is 1.79 bits per heavy atom. The van der Waals surface area contributed by atoms with Crippen molar-refractivity contribution in [3.63, 3.8) is 0 Å². The Labute approximate surface area is 195 Å². The van der Waals surface area contributed by atoms with Crippen molar-refractivity contribution in [2.24, 2.45) is 5.92 Å². The molecule has 1 saturated carbocycles. The van der Waals surface area contributed by atoms with Crippen LogP contribution in [0.1, 0.15) is 44.1 Å². The van der Waals surface area contributed by atoms with E-state index < -0.39 is 0 Å². The SMILES string of the molecule is CCOCCOc1ccc2c(c1)c(-c1cccc(OCC3CC3)c1)c(C(=O)OCC)n2CC. The van der Waals surface area contributed by atoms with Gasteiger partial charge in [0.1, 0.15) is 23.8 Å². The van der Waals surface area contributed by atoms with Crippen LogP contribution in [0.5, 0.6) is 11.5 Å². The molecule has 0 radical (unpaired) electrons. The minimum atomic E-state index is -0.325. The third-order valence-electron chi connectivity index (χ3n) is 5.83. The summed E-state index contributed by atoms with van der Waals surface area (Å²) in [5.74, 6) is 1.90. The first-order valence-corrected chi connectivity index (χ1v) is 11.9. The number of rotatable bonds is 12. The van der Waals surface area contributed by atoms with Crippen molar-refractivity contribution in [1.29, 1.82) is 0 Å². The fourth-order valence-corrected chi connectivity index (χ4v) is 4.06. The Hall–Kier alpha value is -2.99. The first kappa shape index (κ1) is 23.2. The van der Waals surface area contributed by atoms with Gasteiger partial charge in [-0.3, -0.25) is 0 Å². The molecule has 0 amide bonds. The van der Waals surface area contributed by atoms with Gasteiger partial charge in [-0.25, -0.2) is 4.79 Å². The van der Waals surface area contributed by atoms with E-state index in [9.17, 15) is 4.79 Å². The maximum absolute atomic E-state index is 13.1. The van der Waals surface area contributed by atoms with E-state index in [0.29, 0.717) is 44.6 Å². The number of ether oxygens (including phenoxy) is 4. The maximum atomic E-state index is 13.1. The van der Waals surface area contributed by atoms with Crippen molar-refractivity contribution in [2.45, 2.75) is 40.2 Å². The predicted octanol–water partition coefficient (Wildman–Crippen LogP) is 5.71. The zero-order valence-corrected chi connectivity index (χ0v) is 19.8. The highest BCUT2D eigenvalue weighted by Crippen LogP contribution is 2.39. The summed E-state index contributed by atoms with van der Waals surface area (Å²) in [6.07, 6.45) is 2.48. The van der Waals surface area contributed by atoms with Gasteiger partial charge in [-0.2, -0.15) is 0 Å². The van der Waals surface area contributed by atoms with Gasteiger partial charge in [0, 0.05) is 29.6 Å². The van der Waals surface area contributed by atoms with Crippen molar-refractivity contribution in [3.05, 3.63) is 48.2 Å². The number of aryl methyl sites for hydroxylation is 1. The van der Waals surface area contributed by atoms with Crippen molar-refractivity contribution in [1.82, 2.24) is 4.57 Å². The highest BCUT2D eigenvalue weighted by molar-refractivity contribution is 6.09. The highest BCUT2D eigenvalue weighted by Gasteiger charge is 2.26. The van der Waals surface area contributed by atoms with Crippen molar-refractivity contribution in [2.75, 3.05) is 33.0 Å². The summed E-state index contributed by atoms with van der Waals surface area (Å²) < 4.78 is 24.8. The van der Waals surface area contributed by atoms with Gasteiger partial charge < -0.3 is 23.5 Å². The number of carbonyl (C=O) groups excluding carboxylic acids is 1. The second kappa shape index (κ2) is 10.8. The number of hydrogen-bond donors (Lipinski definition) is 0. The lowest BCUT2D eigenvalue weighted by Gasteiger charge is -2.11. The van der Waals surface area contributed by atoms with Crippen LogP contribution in [-0.2, 0) is 16.0 Å². The van der Waals surface area contributed by atoms with E-state index in [1.165, 1.54) is 12.8 Å². The van der Waals surface area contributed by atoms with Gasteiger partial charge >= 0.3 is 5.97 Å². The van der Waals surface area contributed by atoms with Gasteiger partial charge in [-0.15, -0.1) is 0 Å². The molecule has 4 rings (SSSR count). The Morgan fingerprint density at radius 1 is 0.970 bits per heavy atom. The molecule has 33 heavy (non-hydrogen) atoms. The maximum Gasteiger partial charge on any atom is 0.355 e. The zero-order chi connectivity index (χ0) is 23.2. The molecule has 3 aromatic rings. The van der Waals surface area contributed by atoms with Crippen LogP contribution in [0.3, 0.4) is 0 Å². The summed E-state index contributed by atoms with van der Waals surface area (Å²) in [6.45, 7) is 9.19. The van der Waals surface area contributed by atoms with Crippen LogP contribution >= 0.6 is 0 Å². The fraction of sp³-hybridized carbons (Fsp3) is 0.444. The average molecular weight is 452 g/mol. The Morgan fingerprint density at radius 3 is 2.52 bits per heavy atom. The molecule has 176 valence electrons. The summed E-state index contributed by atoms with van der Waals surface area (Å²) in [5.41, 5.74) is 3.30. The topological polar surface area (TPSA) is 58.9 Å². The summed E-state index contributed by atoms with van der Waals surface area (Å²) in [6, 6.07) is 13.9. The van der Waals surface area contributed by atoms with Crippen molar-refractivity contribution in [3.8, 4) is 22.6 Å². The Bertz CT molecular complexity index is 1100. The summed E-state index contributed by atoms with van der Waals surface area (Å²) in [7, 11) is 0. The monoisotopic (exact) mass is 451 g/mol. The van der Waals surface area contributed by atoms with Crippen LogP contribution in [0.4, 0.5) is 0 Å². The highest BCUT2D eigenvalue weighted by atomic mass is 16.5. The zero-order valence-electron chi connectivity index (χ0n) is 19.8. The van der Waals surface area contributed by atoms with E-state index in [0.717, 1.165) is 40.1 Å². The average Bonchev–Trinajstić information content (AvgIpc) is 3.60. The van der Waals surface area contributed by atoms with Gasteiger partial charge in [0.2, 0.25) is 0 Å². The van der Waals surface area contributed by atoms with Gasteiger partial charge in [0.15, 0.2) is 0 Å². The van der Waals surface area contributed by atoms with E-state index in [-0.39, 0.29) is 5.97 Å². The first-order chi connectivity index (χ1) is 16.2. The third-order valence-corrected chi connectivity index (χ3v) is 5.83. The minimum Gasteiger partial charge on any atom is -0.493 e. The minimum absolute atomic E-state index is 0.319. The summed E-state index contributed by atoms with van der Waals surface area (Å²) >= 11 is 0. The molecule has 6 heteroatoms. The number of nitrogens with zero attached hydrogens (tertiary/aromatic N) is 1. The quantitative estimate of drug-likeness (QED) is 0.261. The number of aromatic nitrogens is 1. The van der Waals surface area contributed by atoms with E-state index in [2.05, 4.69) is 0 Å². The van der Waals surface area contributed by atoms with E-state index in [1.807, 2.05) is 67.8 Å². The molecule has 0 unspecified atom stereocenters. The molecular formula is C27H33NO5. The lowest BCUT2D eigenvalue weighted by Crippen LogP contribution is -2.12. The van der Waals surface area contributed by atoms with Crippen LogP contribution in [0.25, 0.3) is 22.0 Å². The molecule has 1 aliphatic rings. The second-order valence-corrected chi connectivity index (χ2v) is 8.19. The van der Waals surface area contributed by atoms with Crippen LogP contribution in [-0.4, -0.2) is 43.6 Å². The molecular weight excluding hydrogens is 418 g/mol. The van der Waals surface area contributed by atoms with Crippen LogP contribution in [0, 0.1) is 5.92 Å². The van der Waals surface area contributed by atoms with Crippen LogP contribution in [0.15, 0.2) is 42.5 Å². The summed E-state index contributed by atoms with van der Waals surface area (Å²) in [5, 5.41) is 0.952. The third kappa shape index (κ3) is 5.33. The van der Waals surface area contributed by atoms with Crippen LogP contribution < -0.4 is 9.47 Å². The van der Waals surface area contributed by atoms with Gasteiger partial charge in [-0.1, -0.05) is 12.1 Å².